The maximum Gasteiger partial charge on any atom is 0.133 e. The fourth-order valence-corrected chi connectivity index (χ4v) is 1.00. The van der Waals surface area contributed by atoms with E-state index < -0.39 is 0 Å². The molecule has 2 heteroatoms. The smallest absolute Gasteiger partial charge is 0.133 e. The maximum absolute atomic E-state index is 2.34. The van der Waals surface area contributed by atoms with Gasteiger partial charge in [-0.25, -0.2) is 0 Å². The summed E-state index contributed by atoms with van der Waals surface area (Å²) in [6, 6.07) is 0. The molecule has 0 aliphatic carbocycles. The topological polar surface area (TPSA) is 7.68 Å². The predicted octanol–water partition coefficient (Wildman–Crippen LogP) is -0.570. The van der Waals surface area contributed by atoms with Crippen LogP contribution in [0, 0.1) is 0 Å². The van der Waals surface area contributed by atoms with E-state index in [1.165, 1.54) is 19.8 Å². The van der Waals surface area contributed by atoms with E-state index >= 15 is 0 Å². The van der Waals surface area contributed by atoms with Gasteiger partial charge in [0.15, 0.2) is 0 Å². The second-order valence-electron chi connectivity index (χ2n) is 2.44. The first-order valence-electron chi connectivity index (χ1n) is 3.79. The molecule has 0 spiro atoms. The Morgan fingerprint density at radius 3 is 2.00 bits per heavy atom. The highest BCUT2D eigenvalue weighted by atomic mass is 15.3. The summed E-state index contributed by atoms with van der Waals surface area (Å²) in [5, 5.41) is 0. The van der Waals surface area contributed by atoms with Crippen LogP contribution >= 0.6 is 0 Å². The molecule has 1 N–H and O–H groups in total. The Morgan fingerprint density at radius 1 is 1.33 bits per heavy atom. The van der Waals surface area contributed by atoms with Crippen LogP contribution in [0.25, 0.3) is 0 Å². The summed E-state index contributed by atoms with van der Waals surface area (Å²) in [7, 11) is 4.39. The van der Waals surface area contributed by atoms with E-state index in [1.807, 2.05) is 13.8 Å². The van der Waals surface area contributed by atoms with E-state index in [4.69, 9.17) is 0 Å². The van der Waals surface area contributed by atoms with Gasteiger partial charge in [-0.2, -0.15) is 0 Å². The van der Waals surface area contributed by atoms with Crippen molar-refractivity contribution in [1.82, 2.24) is 4.90 Å². The highest BCUT2D eigenvalue weighted by Gasteiger charge is 2.13. The summed E-state index contributed by atoms with van der Waals surface area (Å²) in [5.74, 6) is 0. The van der Waals surface area contributed by atoms with E-state index in [1.54, 1.807) is 4.90 Å². The summed E-state index contributed by atoms with van der Waals surface area (Å²) < 4.78 is 0. The van der Waals surface area contributed by atoms with Gasteiger partial charge in [0.25, 0.3) is 0 Å². The van der Waals surface area contributed by atoms with Crippen LogP contribution in [0.15, 0.2) is 0 Å². The van der Waals surface area contributed by atoms with Gasteiger partial charge in [0.1, 0.15) is 6.67 Å². The fraction of sp³-hybridized carbons (Fsp3) is 1.00. The molecule has 0 aromatic rings. The molecule has 2 nitrogen and oxygen atoms in total. The zero-order chi connectivity index (χ0) is 7.28. The molecular weight excluding hydrogens is 112 g/mol. The molecular formula is C7H19N2+. The molecule has 0 bridgehead atoms. The first-order chi connectivity index (χ1) is 4.29. The largest absolute Gasteiger partial charge is 0.324 e. The lowest BCUT2D eigenvalue weighted by Crippen LogP contribution is -3.07. The van der Waals surface area contributed by atoms with Crippen molar-refractivity contribution in [2.24, 2.45) is 0 Å². The molecule has 56 valence electrons. The highest BCUT2D eigenvalue weighted by molar-refractivity contribution is 4.45. The first kappa shape index (κ1) is 8.92. The summed E-state index contributed by atoms with van der Waals surface area (Å²) in [5.41, 5.74) is 0. The molecule has 0 radical (unpaired) electrons. The third kappa shape index (κ3) is 3.49. The standard InChI is InChI=1S/C5H12N2.C2H6/c1-6-3-4-7(2)5-6;1-2/h3-5H2,1-2H3;1-2H3/p+1. The van der Waals surface area contributed by atoms with E-state index in [0.29, 0.717) is 0 Å². The maximum atomic E-state index is 2.34. The average Bonchev–Trinajstić information content (AvgIpc) is 2.20. The van der Waals surface area contributed by atoms with E-state index in [9.17, 15) is 0 Å². The Hall–Kier alpha value is -0.0800. The van der Waals surface area contributed by atoms with Gasteiger partial charge in [-0.3, -0.25) is 4.90 Å². The minimum Gasteiger partial charge on any atom is -0.324 e. The molecule has 1 saturated heterocycles. The summed E-state index contributed by atoms with van der Waals surface area (Å²) in [4.78, 5) is 3.97. The molecule has 0 saturated carbocycles. The molecule has 1 heterocycles. The SMILES string of the molecule is CC.CN1CC[NH+](C)C1. The van der Waals surface area contributed by atoms with Crippen molar-refractivity contribution >= 4 is 0 Å². The Kier molecular flexibility index (Phi) is 4.72. The normalized spacial score (nSPS) is 27.3. The zero-order valence-electron chi connectivity index (χ0n) is 7.07. The van der Waals surface area contributed by atoms with Gasteiger partial charge in [-0.1, -0.05) is 13.8 Å². The van der Waals surface area contributed by atoms with Gasteiger partial charge in [-0.15, -0.1) is 0 Å². The van der Waals surface area contributed by atoms with Crippen LogP contribution in [0.5, 0.6) is 0 Å². The minimum absolute atomic E-state index is 1.22. The highest BCUT2D eigenvalue weighted by Crippen LogP contribution is 1.76. The van der Waals surface area contributed by atoms with Crippen molar-refractivity contribution in [3.63, 3.8) is 0 Å². The third-order valence-corrected chi connectivity index (χ3v) is 1.46. The van der Waals surface area contributed by atoms with Crippen LogP contribution in [-0.4, -0.2) is 38.8 Å². The van der Waals surface area contributed by atoms with E-state index in [0.717, 1.165) is 0 Å². The molecule has 0 aromatic carbocycles. The average molecular weight is 131 g/mol. The van der Waals surface area contributed by atoms with Crippen LogP contribution in [0.4, 0.5) is 0 Å². The van der Waals surface area contributed by atoms with Crippen LogP contribution in [-0.2, 0) is 0 Å². The molecule has 1 fully saturated rings. The van der Waals surface area contributed by atoms with Gasteiger partial charge in [0, 0.05) is 0 Å². The minimum atomic E-state index is 1.22. The lowest BCUT2D eigenvalue weighted by Gasteiger charge is -2.03. The second kappa shape index (κ2) is 4.77. The number of quaternary nitrogens is 1. The number of hydrogen-bond donors (Lipinski definition) is 1. The molecule has 9 heavy (non-hydrogen) atoms. The molecule has 0 aromatic heterocycles. The summed E-state index contributed by atoms with van der Waals surface area (Å²) in [6.45, 7) is 7.81. The first-order valence-corrected chi connectivity index (χ1v) is 3.79. The summed E-state index contributed by atoms with van der Waals surface area (Å²) in [6.07, 6.45) is 0. The van der Waals surface area contributed by atoms with Crippen molar-refractivity contribution in [3.8, 4) is 0 Å². The Morgan fingerprint density at radius 2 is 1.89 bits per heavy atom. The van der Waals surface area contributed by atoms with Crippen molar-refractivity contribution in [2.75, 3.05) is 33.9 Å². The van der Waals surface area contributed by atoms with Gasteiger partial charge in [-0.05, 0) is 7.05 Å². The summed E-state index contributed by atoms with van der Waals surface area (Å²) >= 11 is 0. The Balaban J connectivity index is 0.000000291. The zero-order valence-corrected chi connectivity index (χ0v) is 7.07. The monoisotopic (exact) mass is 131 g/mol. The second-order valence-corrected chi connectivity index (χ2v) is 2.44. The van der Waals surface area contributed by atoms with Gasteiger partial charge in [0.2, 0.25) is 0 Å². The van der Waals surface area contributed by atoms with E-state index in [2.05, 4.69) is 19.0 Å². The number of nitrogens with zero attached hydrogens (tertiary/aromatic N) is 1. The predicted molar refractivity (Wildman–Crippen MR) is 40.6 cm³/mol. The Labute approximate surface area is 58.4 Å². The van der Waals surface area contributed by atoms with Gasteiger partial charge < -0.3 is 4.90 Å². The lowest BCUT2D eigenvalue weighted by atomic mass is 10.6. The molecule has 1 aliphatic rings. The van der Waals surface area contributed by atoms with Crippen LogP contribution in [0.1, 0.15) is 13.8 Å². The molecule has 1 unspecified atom stereocenters. The number of nitrogens with one attached hydrogen (secondary N) is 1. The van der Waals surface area contributed by atoms with Crippen molar-refractivity contribution < 1.29 is 4.90 Å². The number of likely N-dealkylation sites (N-methyl/N-ethyl adjacent to an activating group) is 2. The fourth-order valence-electron chi connectivity index (χ4n) is 1.00. The van der Waals surface area contributed by atoms with Crippen molar-refractivity contribution in [1.29, 1.82) is 0 Å². The van der Waals surface area contributed by atoms with Gasteiger partial charge in [0.05, 0.1) is 20.1 Å². The van der Waals surface area contributed by atoms with Crippen molar-refractivity contribution in [2.45, 2.75) is 13.8 Å². The molecule has 0 amide bonds. The number of hydrogen-bond acceptors (Lipinski definition) is 1. The Bertz CT molecular complexity index is 55.9. The number of rotatable bonds is 0. The third-order valence-electron chi connectivity index (χ3n) is 1.46. The molecule has 1 rings (SSSR count). The van der Waals surface area contributed by atoms with Crippen molar-refractivity contribution in [3.05, 3.63) is 0 Å². The van der Waals surface area contributed by atoms with Crippen LogP contribution in [0.3, 0.4) is 0 Å². The van der Waals surface area contributed by atoms with Gasteiger partial charge >= 0.3 is 0 Å². The van der Waals surface area contributed by atoms with E-state index in [-0.39, 0.29) is 0 Å². The molecule has 1 atom stereocenters. The quantitative estimate of drug-likeness (QED) is 0.462. The van der Waals surface area contributed by atoms with Crippen LogP contribution in [0.2, 0.25) is 0 Å². The van der Waals surface area contributed by atoms with Crippen LogP contribution < -0.4 is 4.90 Å². The lowest BCUT2D eigenvalue weighted by molar-refractivity contribution is -0.870. The molecule has 1 aliphatic heterocycles.